The summed E-state index contributed by atoms with van der Waals surface area (Å²) < 4.78 is 0. The van der Waals surface area contributed by atoms with Gasteiger partial charge < -0.3 is 15.1 Å². The standard InChI is InChI=1S/C19H31N3OS/c1-21-11-4-5-16(13-21)8-10-20-19(23)22(18-6-2-3-7-18)14-17-9-12-24-15-17/h9,12,15-16,18H,2-8,10-11,13-14H2,1H3,(H,20,23). The van der Waals surface area contributed by atoms with Gasteiger partial charge in [-0.15, -0.1) is 0 Å². The Morgan fingerprint density at radius 1 is 1.33 bits per heavy atom. The van der Waals surface area contributed by atoms with E-state index in [-0.39, 0.29) is 6.03 Å². The third-order valence-electron chi connectivity index (χ3n) is 5.51. The van der Waals surface area contributed by atoms with E-state index in [9.17, 15) is 4.79 Å². The lowest BCUT2D eigenvalue weighted by Gasteiger charge is -2.31. The van der Waals surface area contributed by atoms with Crippen molar-refractivity contribution < 1.29 is 4.79 Å². The lowest BCUT2D eigenvalue weighted by Crippen LogP contribution is -2.45. The van der Waals surface area contributed by atoms with Crippen LogP contribution in [0.1, 0.15) is 50.5 Å². The zero-order chi connectivity index (χ0) is 16.8. The van der Waals surface area contributed by atoms with Crippen LogP contribution in [0.25, 0.3) is 0 Å². The van der Waals surface area contributed by atoms with Gasteiger partial charge in [-0.3, -0.25) is 0 Å². The van der Waals surface area contributed by atoms with Gasteiger partial charge in [-0.25, -0.2) is 4.79 Å². The minimum atomic E-state index is 0.136. The molecule has 1 aromatic heterocycles. The molecule has 1 saturated heterocycles. The summed E-state index contributed by atoms with van der Waals surface area (Å²) in [5, 5.41) is 7.46. The van der Waals surface area contributed by atoms with Crippen molar-refractivity contribution in [2.45, 2.75) is 57.5 Å². The summed E-state index contributed by atoms with van der Waals surface area (Å²) in [5.41, 5.74) is 1.26. The summed E-state index contributed by atoms with van der Waals surface area (Å²) in [4.78, 5) is 17.3. The molecule has 1 aromatic rings. The number of amides is 2. The van der Waals surface area contributed by atoms with E-state index >= 15 is 0 Å². The van der Waals surface area contributed by atoms with E-state index in [1.807, 2.05) is 0 Å². The number of likely N-dealkylation sites (tertiary alicyclic amines) is 1. The third kappa shape index (κ3) is 4.96. The topological polar surface area (TPSA) is 35.6 Å². The van der Waals surface area contributed by atoms with Crippen LogP contribution in [-0.4, -0.2) is 48.6 Å². The number of nitrogens with one attached hydrogen (secondary N) is 1. The largest absolute Gasteiger partial charge is 0.338 e. The molecule has 1 aliphatic heterocycles. The molecule has 1 atom stereocenters. The van der Waals surface area contributed by atoms with Crippen LogP contribution in [0, 0.1) is 5.92 Å². The van der Waals surface area contributed by atoms with Crippen LogP contribution in [0.15, 0.2) is 16.8 Å². The first-order valence-electron chi connectivity index (χ1n) is 9.46. The molecule has 1 saturated carbocycles. The first-order valence-corrected chi connectivity index (χ1v) is 10.4. The van der Waals surface area contributed by atoms with E-state index in [0.717, 1.165) is 38.3 Å². The molecule has 1 aliphatic carbocycles. The van der Waals surface area contributed by atoms with E-state index in [1.54, 1.807) is 11.3 Å². The molecule has 134 valence electrons. The van der Waals surface area contributed by atoms with Crippen LogP contribution >= 0.6 is 11.3 Å². The number of carbonyl (C=O) groups is 1. The monoisotopic (exact) mass is 349 g/mol. The lowest BCUT2D eigenvalue weighted by molar-refractivity contribution is 0.167. The molecule has 0 spiro atoms. The Morgan fingerprint density at radius 2 is 2.17 bits per heavy atom. The maximum atomic E-state index is 12.8. The third-order valence-corrected chi connectivity index (χ3v) is 6.24. The van der Waals surface area contributed by atoms with E-state index in [1.165, 1.54) is 44.3 Å². The second-order valence-corrected chi connectivity index (χ2v) is 8.27. The average molecular weight is 350 g/mol. The van der Waals surface area contributed by atoms with Gasteiger partial charge in [-0.05, 0) is 74.0 Å². The number of hydrogen-bond donors (Lipinski definition) is 1. The van der Waals surface area contributed by atoms with Crippen molar-refractivity contribution in [2.24, 2.45) is 5.92 Å². The molecule has 2 heterocycles. The molecule has 2 fully saturated rings. The highest BCUT2D eigenvalue weighted by molar-refractivity contribution is 7.07. The van der Waals surface area contributed by atoms with E-state index in [2.05, 4.69) is 39.0 Å². The van der Waals surface area contributed by atoms with Gasteiger partial charge in [0.2, 0.25) is 0 Å². The molecule has 4 nitrogen and oxygen atoms in total. The lowest BCUT2D eigenvalue weighted by atomic mass is 9.95. The first kappa shape index (κ1) is 17.7. The predicted molar refractivity (Wildman–Crippen MR) is 100 cm³/mol. The zero-order valence-electron chi connectivity index (χ0n) is 14.9. The highest BCUT2D eigenvalue weighted by Gasteiger charge is 2.27. The number of nitrogens with zero attached hydrogens (tertiary/aromatic N) is 2. The highest BCUT2D eigenvalue weighted by atomic mass is 32.1. The number of rotatable bonds is 6. The maximum Gasteiger partial charge on any atom is 0.317 e. The average Bonchev–Trinajstić information content (AvgIpc) is 3.26. The van der Waals surface area contributed by atoms with Crippen LogP contribution in [-0.2, 0) is 6.54 Å². The summed E-state index contributed by atoms with van der Waals surface area (Å²) in [7, 11) is 2.20. The Hall–Kier alpha value is -1.07. The quantitative estimate of drug-likeness (QED) is 0.844. The molecule has 2 amide bonds. The summed E-state index contributed by atoms with van der Waals surface area (Å²) in [6.45, 7) is 3.96. The van der Waals surface area contributed by atoms with Gasteiger partial charge in [0, 0.05) is 25.7 Å². The van der Waals surface area contributed by atoms with Gasteiger partial charge >= 0.3 is 6.03 Å². The fraction of sp³-hybridized carbons (Fsp3) is 0.737. The van der Waals surface area contributed by atoms with Gasteiger partial charge in [0.05, 0.1) is 0 Å². The fourth-order valence-corrected chi connectivity index (χ4v) is 4.82. The number of hydrogen-bond acceptors (Lipinski definition) is 3. The van der Waals surface area contributed by atoms with Crippen molar-refractivity contribution >= 4 is 17.4 Å². The Bertz CT molecular complexity index is 499. The molecule has 1 N–H and O–H groups in total. The van der Waals surface area contributed by atoms with Crippen LogP contribution in [0.3, 0.4) is 0 Å². The van der Waals surface area contributed by atoms with Crippen molar-refractivity contribution in [3.05, 3.63) is 22.4 Å². The van der Waals surface area contributed by atoms with Gasteiger partial charge in [0.15, 0.2) is 0 Å². The van der Waals surface area contributed by atoms with Crippen molar-refractivity contribution in [3.63, 3.8) is 0 Å². The highest BCUT2D eigenvalue weighted by Crippen LogP contribution is 2.25. The molecular formula is C19H31N3OS. The van der Waals surface area contributed by atoms with E-state index in [0.29, 0.717) is 6.04 Å². The summed E-state index contributed by atoms with van der Waals surface area (Å²) in [5.74, 6) is 0.737. The van der Waals surface area contributed by atoms with E-state index < -0.39 is 0 Å². The van der Waals surface area contributed by atoms with E-state index in [4.69, 9.17) is 0 Å². The summed E-state index contributed by atoms with van der Waals surface area (Å²) in [6.07, 6.45) is 8.53. The predicted octanol–water partition coefficient (Wildman–Crippen LogP) is 3.93. The Balaban J connectivity index is 1.49. The second kappa shape index (κ2) is 8.86. The number of piperidine rings is 1. The zero-order valence-corrected chi connectivity index (χ0v) is 15.7. The van der Waals surface area contributed by atoms with Crippen LogP contribution in [0.5, 0.6) is 0 Å². The van der Waals surface area contributed by atoms with Crippen molar-refractivity contribution in [1.82, 2.24) is 15.1 Å². The van der Waals surface area contributed by atoms with Gasteiger partial charge in [-0.2, -0.15) is 11.3 Å². The second-order valence-electron chi connectivity index (χ2n) is 7.49. The molecule has 3 rings (SSSR count). The maximum absolute atomic E-state index is 12.8. The molecule has 0 radical (unpaired) electrons. The number of urea groups is 1. The normalized spacial score (nSPS) is 22.6. The Morgan fingerprint density at radius 3 is 2.88 bits per heavy atom. The molecule has 0 aromatic carbocycles. The molecule has 5 heteroatoms. The van der Waals surface area contributed by atoms with Crippen LogP contribution < -0.4 is 5.32 Å². The number of thiophene rings is 1. The summed E-state index contributed by atoms with van der Waals surface area (Å²) >= 11 is 1.71. The smallest absolute Gasteiger partial charge is 0.317 e. The number of carbonyl (C=O) groups excluding carboxylic acids is 1. The van der Waals surface area contributed by atoms with Crippen LogP contribution in [0.2, 0.25) is 0 Å². The molecule has 0 bridgehead atoms. The first-order chi connectivity index (χ1) is 11.7. The molecule has 24 heavy (non-hydrogen) atoms. The minimum Gasteiger partial charge on any atom is -0.338 e. The van der Waals surface area contributed by atoms with Crippen molar-refractivity contribution in [3.8, 4) is 0 Å². The molecule has 2 aliphatic rings. The summed E-state index contributed by atoms with van der Waals surface area (Å²) in [6, 6.07) is 2.69. The Labute approximate surface area is 150 Å². The Kier molecular flexibility index (Phi) is 6.55. The molecular weight excluding hydrogens is 318 g/mol. The fourth-order valence-electron chi connectivity index (χ4n) is 4.16. The SMILES string of the molecule is CN1CCCC(CCNC(=O)N(Cc2ccsc2)C2CCCC2)C1. The van der Waals surface area contributed by atoms with Crippen molar-refractivity contribution in [2.75, 3.05) is 26.7 Å². The molecule has 1 unspecified atom stereocenters. The van der Waals surface area contributed by atoms with Gasteiger partial charge in [0.1, 0.15) is 0 Å². The minimum absolute atomic E-state index is 0.136. The van der Waals surface area contributed by atoms with Gasteiger partial charge in [0.25, 0.3) is 0 Å². The van der Waals surface area contributed by atoms with Crippen molar-refractivity contribution in [1.29, 1.82) is 0 Å². The van der Waals surface area contributed by atoms with Gasteiger partial charge in [-0.1, -0.05) is 12.8 Å². The van der Waals surface area contributed by atoms with Crippen LogP contribution in [0.4, 0.5) is 4.79 Å².